The minimum Gasteiger partial charge on any atom is -0.395 e. The van der Waals surface area contributed by atoms with Gasteiger partial charge in [0.15, 0.2) is 0 Å². The van der Waals surface area contributed by atoms with Gasteiger partial charge in [-0.2, -0.15) is 0 Å². The van der Waals surface area contributed by atoms with Crippen molar-refractivity contribution in [1.82, 2.24) is 10.2 Å². The Morgan fingerprint density at radius 2 is 1.76 bits per heavy atom. The fourth-order valence-electron chi connectivity index (χ4n) is 1.26. The number of rotatable bonds is 6. The summed E-state index contributed by atoms with van der Waals surface area (Å²) < 4.78 is 0. The molecule has 0 heterocycles. The van der Waals surface area contributed by atoms with E-state index in [2.05, 4.69) is 22.3 Å². The molecule has 0 aromatic heterocycles. The van der Waals surface area contributed by atoms with Gasteiger partial charge in [0.05, 0.1) is 13.2 Å². The van der Waals surface area contributed by atoms with E-state index in [4.69, 9.17) is 10.2 Å². The van der Waals surface area contributed by atoms with E-state index in [0.29, 0.717) is 6.54 Å². The lowest BCUT2D eigenvalue weighted by Crippen LogP contribution is -2.21. The number of nitrogens with zero attached hydrogens (tertiary/aromatic N) is 1. The summed E-state index contributed by atoms with van der Waals surface area (Å²) in [7, 11) is 3.80. The molecule has 0 aliphatic heterocycles. The monoisotopic (exact) mass is 240 g/mol. The lowest BCUT2D eigenvalue weighted by Gasteiger charge is -2.14. The summed E-state index contributed by atoms with van der Waals surface area (Å²) >= 11 is 0. The van der Waals surface area contributed by atoms with E-state index in [0.717, 1.165) is 13.1 Å². The maximum absolute atomic E-state index is 8.67. The molecule has 3 N–H and O–H groups in total. The second-order valence-corrected chi connectivity index (χ2v) is 3.77. The molecule has 0 radical (unpaired) electrons. The highest BCUT2D eigenvalue weighted by Gasteiger charge is 1.97. The maximum Gasteiger partial charge on any atom is 0.0558 e. The minimum atomic E-state index is 0.226. The Labute approximate surface area is 104 Å². The smallest absolute Gasteiger partial charge is 0.0558 e. The first kappa shape index (κ1) is 16.1. The van der Waals surface area contributed by atoms with Crippen LogP contribution < -0.4 is 5.32 Å². The van der Waals surface area contributed by atoms with Crippen molar-refractivity contribution in [2.75, 3.05) is 40.4 Å². The Bertz CT molecular complexity index is 253. The lowest BCUT2D eigenvalue weighted by atomic mass is 10.2. The average molecular weight is 240 g/mol. The zero-order valence-corrected chi connectivity index (χ0v) is 10.8. The third-order valence-electron chi connectivity index (χ3n) is 2.14. The highest BCUT2D eigenvalue weighted by Crippen LogP contribution is 2.01. The Balaban J connectivity index is 0.000000437. The second kappa shape index (κ2) is 11.5. The number of hydrogen-bond donors (Lipinski definition) is 3. The summed E-state index contributed by atoms with van der Waals surface area (Å²) in [5, 5.41) is 19.4. The van der Waals surface area contributed by atoms with Crippen molar-refractivity contribution >= 4 is 0 Å². The van der Waals surface area contributed by atoms with Gasteiger partial charge in [-0.15, -0.1) is 0 Å². The standard InChI is InChI=1S/C10H15NO.C3H9NO/c1-11(7-8-12)9-10-5-3-2-4-6-10;1-4-2-3-5/h2-6,12H,7-9H2,1H3;4-5H,2-3H2,1H3. The molecule has 0 aliphatic carbocycles. The van der Waals surface area contributed by atoms with Crippen LogP contribution >= 0.6 is 0 Å². The van der Waals surface area contributed by atoms with Crippen LogP contribution in [0, 0.1) is 0 Å². The Kier molecular flexibility index (Phi) is 10.9. The minimum absolute atomic E-state index is 0.226. The molecular weight excluding hydrogens is 216 g/mol. The number of likely N-dealkylation sites (N-methyl/N-ethyl adjacent to an activating group) is 2. The highest BCUT2D eigenvalue weighted by molar-refractivity contribution is 5.14. The van der Waals surface area contributed by atoms with E-state index in [-0.39, 0.29) is 13.2 Å². The molecule has 1 aromatic carbocycles. The van der Waals surface area contributed by atoms with Crippen LogP contribution in [-0.4, -0.2) is 55.5 Å². The van der Waals surface area contributed by atoms with Gasteiger partial charge in [-0.25, -0.2) is 0 Å². The van der Waals surface area contributed by atoms with Crippen LogP contribution in [-0.2, 0) is 6.54 Å². The molecule has 0 saturated carbocycles. The third kappa shape index (κ3) is 9.96. The van der Waals surface area contributed by atoms with Gasteiger partial charge in [0.2, 0.25) is 0 Å². The third-order valence-corrected chi connectivity index (χ3v) is 2.14. The van der Waals surface area contributed by atoms with Crippen LogP contribution in [0.5, 0.6) is 0 Å². The molecule has 1 aromatic rings. The van der Waals surface area contributed by atoms with Crippen molar-refractivity contribution in [1.29, 1.82) is 0 Å². The normalized spacial score (nSPS) is 9.94. The predicted molar refractivity (Wildman–Crippen MR) is 70.9 cm³/mol. The molecule has 0 amide bonds. The topological polar surface area (TPSA) is 55.7 Å². The SMILES string of the molecule is CN(CCO)Cc1ccccc1.CNCCO. The summed E-state index contributed by atoms with van der Waals surface area (Å²) in [5.41, 5.74) is 1.29. The van der Waals surface area contributed by atoms with Gasteiger partial charge in [0.25, 0.3) is 0 Å². The molecule has 17 heavy (non-hydrogen) atoms. The van der Waals surface area contributed by atoms with Crippen molar-refractivity contribution in [2.45, 2.75) is 6.54 Å². The predicted octanol–water partition coefficient (Wildman–Crippen LogP) is 0.309. The van der Waals surface area contributed by atoms with Crippen LogP contribution in [0.15, 0.2) is 30.3 Å². The average Bonchev–Trinajstić information content (AvgIpc) is 2.32. The van der Waals surface area contributed by atoms with Gasteiger partial charge in [-0.1, -0.05) is 30.3 Å². The van der Waals surface area contributed by atoms with Crippen LogP contribution in [0.1, 0.15) is 5.56 Å². The van der Waals surface area contributed by atoms with Crippen molar-refractivity contribution < 1.29 is 10.2 Å². The Morgan fingerprint density at radius 3 is 2.18 bits per heavy atom. The van der Waals surface area contributed by atoms with Gasteiger partial charge in [0.1, 0.15) is 0 Å². The van der Waals surface area contributed by atoms with Crippen molar-refractivity contribution in [3.8, 4) is 0 Å². The zero-order valence-electron chi connectivity index (χ0n) is 10.8. The molecular formula is C13H24N2O2. The van der Waals surface area contributed by atoms with E-state index in [1.165, 1.54) is 5.56 Å². The molecule has 0 bridgehead atoms. The van der Waals surface area contributed by atoms with Gasteiger partial charge in [-0.3, -0.25) is 4.90 Å². The van der Waals surface area contributed by atoms with Gasteiger partial charge in [0, 0.05) is 19.6 Å². The molecule has 0 atom stereocenters. The first-order chi connectivity index (χ1) is 8.24. The molecule has 0 saturated heterocycles. The first-order valence-corrected chi connectivity index (χ1v) is 5.83. The number of nitrogens with one attached hydrogen (secondary N) is 1. The maximum atomic E-state index is 8.67. The van der Waals surface area contributed by atoms with Crippen LogP contribution in [0.25, 0.3) is 0 Å². The molecule has 0 spiro atoms. The lowest BCUT2D eigenvalue weighted by molar-refractivity contribution is 0.217. The summed E-state index contributed by atoms with van der Waals surface area (Å²) in [5.74, 6) is 0. The van der Waals surface area contributed by atoms with Crippen LogP contribution in [0.2, 0.25) is 0 Å². The van der Waals surface area contributed by atoms with Gasteiger partial charge >= 0.3 is 0 Å². The second-order valence-electron chi connectivity index (χ2n) is 3.77. The van der Waals surface area contributed by atoms with Crippen LogP contribution in [0.3, 0.4) is 0 Å². The molecule has 0 fully saturated rings. The van der Waals surface area contributed by atoms with Crippen molar-refractivity contribution in [3.05, 3.63) is 35.9 Å². The van der Waals surface area contributed by atoms with E-state index in [1.54, 1.807) is 7.05 Å². The van der Waals surface area contributed by atoms with E-state index >= 15 is 0 Å². The van der Waals surface area contributed by atoms with E-state index in [9.17, 15) is 0 Å². The van der Waals surface area contributed by atoms with Crippen molar-refractivity contribution in [3.63, 3.8) is 0 Å². The Hall–Kier alpha value is -0.940. The van der Waals surface area contributed by atoms with E-state index < -0.39 is 0 Å². The highest BCUT2D eigenvalue weighted by atomic mass is 16.3. The zero-order chi connectivity index (χ0) is 12.9. The molecule has 98 valence electrons. The molecule has 0 unspecified atom stereocenters. The summed E-state index contributed by atoms with van der Waals surface area (Å²) in [4.78, 5) is 2.09. The van der Waals surface area contributed by atoms with Crippen molar-refractivity contribution in [2.24, 2.45) is 0 Å². The molecule has 4 heteroatoms. The fourth-order valence-corrected chi connectivity index (χ4v) is 1.26. The first-order valence-electron chi connectivity index (χ1n) is 5.83. The van der Waals surface area contributed by atoms with Gasteiger partial charge < -0.3 is 15.5 Å². The van der Waals surface area contributed by atoms with Gasteiger partial charge in [-0.05, 0) is 19.7 Å². The number of aliphatic hydroxyl groups excluding tert-OH is 2. The largest absolute Gasteiger partial charge is 0.395 e. The molecule has 1 rings (SSSR count). The number of hydrogen-bond acceptors (Lipinski definition) is 4. The molecule has 4 nitrogen and oxygen atoms in total. The summed E-state index contributed by atoms with van der Waals surface area (Å²) in [6.07, 6.45) is 0. The number of aliphatic hydroxyl groups is 2. The fraction of sp³-hybridized carbons (Fsp3) is 0.538. The Morgan fingerprint density at radius 1 is 1.12 bits per heavy atom. The van der Waals surface area contributed by atoms with Crippen LogP contribution in [0.4, 0.5) is 0 Å². The number of benzene rings is 1. The van der Waals surface area contributed by atoms with E-state index in [1.807, 2.05) is 25.2 Å². The summed E-state index contributed by atoms with van der Waals surface area (Å²) in [6.45, 7) is 2.79. The summed E-state index contributed by atoms with van der Waals surface area (Å²) in [6, 6.07) is 10.3. The quantitative estimate of drug-likeness (QED) is 0.670. The molecule has 0 aliphatic rings.